The van der Waals surface area contributed by atoms with Gasteiger partial charge in [0.15, 0.2) is 0 Å². The van der Waals surface area contributed by atoms with E-state index in [1.165, 1.54) is 71.5 Å². The van der Waals surface area contributed by atoms with Crippen molar-refractivity contribution in [1.82, 2.24) is 4.37 Å². The van der Waals surface area contributed by atoms with E-state index in [2.05, 4.69) is 65.1 Å². The number of nitrogens with one attached hydrogen (secondary N) is 1. The lowest BCUT2D eigenvalue weighted by Gasteiger charge is -2.29. The number of anilines is 1. The Morgan fingerprint density at radius 3 is 2.52 bits per heavy atom. The molecule has 2 aromatic carbocycles. The van der Waals surface area contributed by atoms with E-state index in [0.29, 0.717) is 5.92 Å². The Morgan fingerprint density at radius 2 is 1.77 bits per heavy atom. The fourth-order valence-electron chi connectivity index (χ4n) is 4.90. The molecule has 0 atom stereocenters. The van der Waals surface area contributed by atoms with Crippen LogP contribution in [0.5, 0.6) is 5.75 Å². The standard InChI is InChI=1S/C27H32N2OS/c1-18-14-22(12-13-26(18)30-2)20-8-6-19(7-9-20)17-28-24-5-3-4-23(15-24)27-16-25(29-31-27)21-10-11-21/h3-5,12-16,19-21,28H,6-11,17H2,1-2H3. The molecule has 31 heavy (non-hydrogen) atoms. The molecule has 162 valence electrons. The molecule has 3 aromatic rings. The molecule has 0 aliphatic heterocycles. The summed E-state index contributed by atoms with van der Waals surface area (Å²) in [5, 5.41) is 3.71. The zero-order valence-electron chi connectivity index (χ0n) is 18.6. The summed E-state index contributed by atoms with van der Waals surface area (Å²) in [6.45, 7) is 3.21. The molecule has 2 saturated carbocycles. The number of rotatable bonds is 7. The van der Waals surface area contributed by atoms with Crippen LogP contribution in [0.25, 0.3) is 10.4 Å². The minimum Gasteiger partial charge on any atom is -0.496 e. The van der Waals surface area contributed by atoms with E-state index in [1.807, 2.05) is 0 Å². The van der Waals surface area contributed by atoms with E-state index in [9.17, 15) is 0 Å². The van der Waals surface area contributed by atoms with Crippen LogP contribution in [-0.4, -0.2) is 18.0 Å². The van der Waals surface area contributed by atoms with Crippen LogP contribution in [0, 0.1) is 12.8 Å². The van der Waals surface area contributed by atoms with Crippen LogP contribution < -0.4 is 10.1 Å². The van der Waals surface area contributed by atoms with Gasteiger partial charge in [-0.3, -0.25) is 0 Å². The van der Waals surface area contributed by atoms with Crippen LogP contribution in [-0.2, 0) is 0 Å². The quantitative estimate of drug-likeness (QED) is 0.422. The van der Waals surface area contributed by atoms with Crippen molar-refractivity contribution in [2.45, 2.75) is 57.3 Å². The zero-order chi connectivity index (χ0) is 21.2. The van der Waals surface area contributed by atoms with Gasteiger partial charge in [0.25, 0.3) is 0 Å². The third kappa shape index (κ3) is 4.79. The van der Waals surface area contributed by atoms with Crippen molar-refractivity contribution >= 4 is 17.2 Å². The molecule has 3 nitrogen and oxygen atoms in total. The monoisotopic (exact) mass is 432 g/mol. The van der Waals surface area contributed by atoms with Gasteiger partial charge in [-0.15, -0.1) is 0 Å². The average molecular weight is 433 g/mol. The molecule has 1 aromatic heterocycles. The topological polar surface area (TPSA) is 34.1 Å². The van der Waals surface area contributed by atoms with Crippen LogP contribution in [0.3, 0.4) is 0 Å². The number of aryl methyl sites for hydroxylation is 1. The molecule has 2 aliphatic carbocycles. The van der Waals surface area contributed by atoms with E-state index >= 15 is 0 Å². The van der Waals surface area contributed by atoms with Crippen molar-refractivity contribution in [3.8, 4) is 16.2 Å². The number of benzene rings is 2. The van der Waals surface area contributed by atoms with E-state index in [4.69, 9.17) is 4.74 Å². The van der Waals surface area contributed by atoms with E-state index in [1.54, 1.807) is 18.6 Å². The lowest BCUT2D eigenvalue weighted by molar-refractivity contribution is 0.338. The van der Waals surface area contributed by atoms with Crippen molar-refractivity contribution in [2.75, 3.05) is 19.0 Å². The van der Waals surface area contributed by atoms with Gasteiger partial charge >= 0.3 is 0 Å². The fourth-order valence-corrected chi connectivity index (χ4v) is 5.71. The summed E-state index contributed by atoms with van der Waals surface area (Å²) in [6, 6.07) is 17.9. The minimum atomic E-state index is 0.691. The smallest absolute Gasteiger partial charge is 0.121 e. The van der Waals surface area contributed by atoms with Crippen molar-refractivity contribution < 1.29 is 4.74 Å². The van der Waals surface area contributed by atoms with Gasteiger partial charge in [0.05, 0.1) is 17.7 Å². The summed E-state index contributed by atoms with van der Waals surface area (Å²) in [7, 11) is 1.75. The molecular formula is C27H32N2OS. The molecular weight excluding hydrogens is 400 g/mol. The third-order valence-corrected chi connectivity index (χ3v) is 7.86. The normalized spacial score (nSPS) is 21.1. The summed E-state index contributed by atoms with van der Waals surface area (Å²) in [5.41, 5.74) is 6.53. The van der Waals surface area contributed by atoms with Crippen LogP contribution in [0.4, 0.5) is 5.69 Å². The van der Waals surface area contributed by atoms with Crippen LogP contribution in [0.1, 0.15) is 67.2 Å². The summed E-state index contributed by atoms with van der Waals surface area (Å²) in [4.78, 5) is 1.29. The van der Waals surface area contributed by atoms with Crippen molar-refractivity contribution in [1.29, 1.82) is 0 Å². The first-order chi connectivity index (χ1) is 15.2. The Bertz CT molecular complexity index is 1030. The lowest BCUT2D eigenvalue weighted by Crippen LogP contribution is -2.20. The van der Waals surface area contributed by atoms with Gasteiger partial charge in [0.2, 0.25) is 0 Å². The number of methoxy groups -OCH3 is 1. The predicted octanol–water partition coefficient (Wildman–Crippen LogP) is 7.39. The van der Waals surface area contributed by atoms with Crippen molar-refractivity contribution in [3.05, 3.63) is 65.4 Å². The first kappa shape index (κ1) is 20.6. The summed E-state index contributed by atoms with van der Waals surface area (Å²) in [5.74, 6) is 3.16. The Balaban J connectivity index is 1.15. The van der Waals surface area contributed by atoms with Crippen LogP contribution in [0.15, 0.2) is 48.5 Å². The molecule has 4 heteroatoms. The maximum Gasteiger partial charge on any atom is 0.121 e. The number of ether oxygens (including phenoxy) is 1. The Morgan fingerprint density at radius 1 is 0.968 bits per heavy atom. The minimum absolute atomic E-state index is 0.691. The molecule has 0 unspecified atom stereocenters. The second-order valence-electron chi connectivity index (χ2n) is 9.30. The van der Waals surface area contributed by atoms with Crippen LogP contribution in [0.2, 0.25) is 0 Å². The van der Waals surface area contributed by atoms with Crippen LogP contribution >= 0.6 is 11.5 Å². The molecule has 1 N–H and O–H groups in total. The highest BCUT2D eigenvalue weighted by molar-refractivity contribution is 7.09. The third-order valence-electron chi connectivity index (χ3n) is 7.00. The lowest BCUT2D eigenvalue weighted by atomic mass is 9.78. The molecule has 0 bridgehead atoms. The highest BCUT2D eigenvalue weighted by atomic mass is 32.1. The largest absolute Gasteiger partial charge is 0.496 e. The predicted molar refractivity (Wildman–Crippen MR) is 130 cm³/mol. The summed E-state index contributed by atoms with van der Waals surface area (Å²) in [6.07, 6.45) is 7.77. The second-order valence-corrected chi connectivity index (χ2v) is 10.1. The molecule has 0 radical (unpaired) electrons. The van der Waals surface area contributed by atoms with Crippen molar-refractivity contribution in [2.24, 2.45) is 5.92 Å². The van der Waals surface area contributed by atoms with Gasteiger partial charge in [-0.25, -0.2) is 0 Å². The van der Waals surface area contributed by atoms with Gasteiger partial charge in [-0.1, -0.05) is 24.3 Å². The second kappa shape index (κ2) is 9.04. The first-order valence-electron chi connectivity index (χ1n) is 11.6. The van der Waals surface area contributed by atoms with E-state index in [-0.39, 0.29) is 0 Å². The number of nitrogens with zero attached hydrogens (tertiary/aromatic N) is 1. The highest BCUT2D eigenvalue weighted by Gasteiger charge is 2.26. The molecule has 1 heterocycles. The maximum atomic E-state index is 5.42. The van der Waals surface area contributed by atoms with Crippen molar-refractivity contribution in [3.63, 3.8) is 0 Å². The zero-order valence-corrected chi connectivity index (χ0v) is 19.4. The number of hydrogen-bond acceptors (Lipinski definition) is 4. The Kier molecular flexibility index (Phi) is 5.99. The van der Waals surface area contributed by atoms with Gasteiger partial charge < -0.3 is 10.1 Å². The summed E-state index contributed by atoms with van der Waals surface area (Å²) < 4.78 is 10.1. The molecule has 0 saturated heterocycles. The molecule has 5 rings (SSSR count). The van der Waals surface area contributed by atoms with Gasteiger partial charge in [0, 0.05) is 18.2 Å². The number of hydrogen-bond donors (Lipinski definition) is 1. The molecule has 2 aliphatic rings. The van der Waals surface area contributed by atoms with E-state index in [0.717, 1.165) is 24.1 Å². The SMILES string of the molecule is COc1ccc(C2CCC(CNc3cccc(-c4cc(C5CC5)ns4)c3)CC2)cc1C. The summed E-state index contributed by atoms with van der Waals surface area (Å²) >= 11 is 1.64. The molecule has 2 fully saturated rings. The first-order valence-corrected chi connectivity index (χ1v) is 12.4. The Hall–Kier alpha value is -2.33. The average Bonchev–Trinajstić information content (AvgIpc) is 3.54. The Labute approximate surface area is 190 Å². The highest BCUT2D eigenvalue weighted by Crippen LogP contribution is 2.42. The number of aromatic nitrogens is 1. The van der Waals surface area contributed by atoms with E-state index < -0.39 is 0 Å². The maximum absolute atomic E-state index is 5.42. The van der Waals surface area contributed by atoms with Gasteiger partial charge in [-0.05, 0) is 110 Å². The molecule has 0 amide bonds. The van der Waals surface area contributed by atoms with Gasteiger partial charge in [-0.2, -0.15) is 4.37 Å². The van der Waals surface area contributed by atoms with Gasteiger partial charge in [0.1, 0.15) is 5.75 Å². The molecule has 0 spiro atoms. The fraction of sp³-hybridized carbons (Fsp3) is 0.444.